The number of ether oxygens (including phenoxy) is 2. The summed E-state index contributed by atoms with van der Waals surface area (Å²) in [7, 11) is 1.42. The molecule has 0 atom stereocenters. The molecule has 1 aliphatic rings. The van der Waals surface area contributed by atoms with Gasteiger partial charge < -0.3 is 19.7 Å². The molecule has 0 bridgehead atoms. The van der Waals surface area contributed by atoms with Gasteiger partial charge >= 0.3 is 5.97 Å². The molecule has 0 aromatic heterocycles. The van der Waals surface area contributed by atoms with Crippen LogP contribution in [0.3, 0.4) is 0 Å². The molecule has 7 nitrogen and oxygen atoms in total. The largest absolute Gasteiger partial charge is 0.496 e. The van der Waals surface area contributed by atoms with Gasteiger partial charge in [-0.2, -0.15) is 0 Å². The van der Waals surface area contributed by atoms with Crippen molar-refractivity contribution in [2.24, 2.45) is 0 Å². The quantitative estimate of drug-likeness (QED) is 0.749. The van der Waals surface area contributed by atoms with Gasteiger partial charge in [0, 0.05) is 18.0 Å². The summed E-state index contributed by atoms with van der Waals surface area (Å²) < 4.78 is 10.2. The Morgan fingerprint density at radius 3 is 2.71 bits per heavy atom. The molecule has 146 valence electrons. The van der Waals surface area contributed by atoms with E-state index in [0.717, 1.165) is 6.42 Å². The first-order valence-corrected chi connectivity index (χ1v) is 9.07. The van der Waals surface area contributed by atoms with Crippen LogP contribution in [0.5, 0.6) is 5.75 Å². The highest BCUT2D eigenvalue weighted by atomic mass is 35.5. The van der Waals surface area contributed by atoms with Crippen molar-refractivity contribution in [3.05, 3.63) is 53.1 Å². The van der Waals surface area contributed by atoms with Crippen LogP contribution >= 0.6 is 11.6 Å². The van der Waals surface area contributed by atoms with Crippen molar-refractivity contribution in [3.8, 4) is 5.75 Å². The molecule has 1 heterocycles. The molecule has 0 unspecified atom stereocenters. The van der Waals surface area contributed by atoms with Gasteiger partial charge in [-0.25, -0.2) is 4.79 Å². The second-order valence-electron chi connectivity index (χ2n) is 6.13. The number of nitrogens with one attached hydrogen (secondary N) is 1. The molecule has 2 amide bonds. The van der Waals surface area contributed by atoms with Gasteiger partial charge in [-0.15, -0.1) is 0 Å². The number of para-hydroxylation sites is 2. The maximum absolute atomic E-state index is 12.3. The summed E-state index contributed by atoms with van der Waals surface area (Å²) in [6.07, 6.45) is 1.27. The average Bonchev–Trinajstić information content (AvgIpc) is 3.12. The third kappa shape index (κ3) is 4.43. The third-order valence-corrected chi connectivity index (χ3v) is 4.49. The SMILES string of the molecule is COc1ccc(Cl)cc1C(=O)OCC(=O)Nc1ccccc1N1CCCC1=O. The summed E-state index contributed by atoms with van der Waals surface area (Å²) in [5.74, 6) is -0.931. The van der Waals surface area contributed by atoms with Crippen LogP contribution in [0, 0.1) is 0 Å². The number of carbonyl (C=O) groups excluding carboxylic acids is 3. The summed E-state index contributed by atoms with van der Waals surface area (Å²) in [5.41, 5.74) is 1.24. The van der Waals surface area contributed by atoms with E-state index in [1.54, 1.807) is 41.3 Å². The maximum Gasteiger partial charge on any atom is 0.342 e. The number of amides is 2. The Morgan fingerprint density at radius 2 is 2.00 bits per heavy atom. The van der Waals surface area contributed by atoms with Gasteiger partial charge in [0.15, 0.2) is 6.61 Å². The van der Waals surface area contributed by atoms with Gasteiger partial charge in [-0.1, -0.05) is 23.7 Å². The summed E-state index contributed by atoms with van der Waals surface area (Å²) >= 11 is 5.90. The van der Waals surface area contributed by atoms with E-state index in [1.165, 1.54) is 13.2 Å². The van der Waals surface area contributed by atoms with E-state index in [1.807, 2.05) is 0 Å². The standard InChI is InChI=1S/C20H19ClN2O5/c1-27-17-9-8-13(21)11-14(17)20(26)28-12-18(24)22-15-5-2-3-6-16(15)23-10-4-7-19(23)25/h2-3,5-6,8-9,11H,4,7,10,12H2,1H3,(H,22,24). The van der Waals surface area contributed by atoms with Crippen LogP contribution in [-0.2, 0) is 14.3 Å². The molecule has 1 aliphatic heterocycles. The Balaban J connectivity index is 1.65. The Kier molecular flexibility index (Phi) is 6.16. The normalized spacial score (nSPS) is 13.4. The molecule has 1 fully saturated rings. The Morgan fingerprint density at radius 1 is 1.21 bits per heavy atom. The van der Waals surface area contributed by atoms with E-state index in [9.17, 15) is 14.4 Å². The fourth-order valence-electron chi connectivity index (χ4n) is 2.95. The van der Waals surface area contributed by atoms with Crippen LogP contribution in [0.25, 0.3) is 0 Å². The second kappa shape index (κ2) is 8.75. The zero-order valence-electron chi connectivity index (χ0n) is 15.2. The number of carbonyl (C=O) groups is 3. The van der Waals surface area contributed by atoms with Crippen molar-refractivity contribution in [1.82, 2.24) is 0 Å². The highest BCUT2D eigenvalue weighted by Crippen LogP contribution is 2.29. The molecule has 28 heavy (non-hydrogen) atoms. The van der Waals surface area contributed by atoms with Crippen LogP contribution < -0.4 is 15.0 Å². The number of esters is 1. The Bertz CT molecular complexity index is 915. The fraction of sp³-hybridized carbons (Fsp3) is 0.250. The van der Waals surface area contributed by atoms with Crippen LogP contribution in [0.4, 0.5) is 11.4 Å². The molecule has 2 aromatic rings. The average molecular weight is 403 g/mol. The van der Waals surface area contributed by atoms with Crippen molar-refractivity contribution >= 4 is 40.8 Å². The lowest BCUT2D eigenvalue weighted by Gasteiger charge is -2.20. The lowest BCUT2D eigenvalue weighted by molar-refractivity contribution is -0.119. The minimum absolute atomic E-state index is 0.0150. The van der Waals surface area contributed by atoms with Crippen LogP contribution in [0.1, 0.15) is 23.2 Å². The zero-order chi connectivity index (χ0) is 20.1. The van der Waals surface area contributed by atoms with Gasteiger partial charge in [0.25, 0.3) is 5.91 Å². The Hall–Kier alpha value is -3.06. The fourth-order valence-corrected chi connectivity index (χ4v) is 3.12. The van der Waals surface area contributed by atoms with E-state index in [2.05, 4.69) is 5.32 Å². The smallest absolute Gasteiger partial charge is 0.342 e. The van der Waals surface area contributed by atoms with Crippen molar-refractivity contribution in [2.75, 3.05) is 30.5 Å². The van der Waals surface area contributed by atoms with Gasteiger partial charge in [0.1, 0.15) is 11.3 Å². The van der Waals surface area contributed by atoms with E-state index in [0.29, 0.717) is 35.1 Å². The molecule has 8 heteroatoms. The zero-order valence-corrected chi connectivity index (χ0v) is 16.0. The number of benzene rings is 2. The summed E-state index contributed by atoms with van der Waals surface area (Å²) in [6.45, 7) is 0.117. The van der Waals surface area contributed by atoms with E-state index >= 15 is 0 Å². The molecular formula is C20H19ClN2O5. The van der Waals surface area contributed by atoms with Crippen LogP contribution in [0.15, 0.2) is 42.5 Å². The summed E-state index contributed by atoms with van der Waals surface area (Å²) in [4.78, 5) is 38.2. The van der Waals surface area contributed by atoms with Crippen molar-refractivity contribution < 1.29 is 23.9 Å². The molecule has 0 radical (unpaired) electrons. The van der Waals surface area contributed by atoms with Crippen molar-refractivity contribution in [2.45, 2.75) is 12.8 Å². The molecular weight excluding hydrogens is 384 g/mol. The minimum atomic E-state index is -0.725. The minimum Gasteiger partial charge on any atom is -0.496 e. The highest BCUT2D eigenvalue weighted by Gasteiger charge is 2.24. The molecule has 1 N–H and O–H groups in total. The third-order valence-electron chi connectivity index (χ3n) is 4.26. The summed E-state index contributed by atoms with van der Waals surface area (Å²) in [6, 6.07) is 11.5. The predicted octanol–water partition coefficient (Wildman–Crippen LogP) is 3.27. The lowest BCUT2D eigenvalue weighted by Crippen LogP contribution is -2.27. The molecule has 3 rings (SSSR count). The van der Waals surface area contributed by atoms with Gasteiger partial charge in [0.2, 0.25) is 5.91 Å². The highest BCUT2D eigenvalue weighted by molar-refractivity contribution is 6.31. The number of hydrogen-bond acceptors (Lipinski definition) is 5. The van der Waals surface area contributed by atoms with Gasteiger partial charge in [0.05, 0.1) is 18.5 Å². The van der Waals surface area contributed by atoms with Crippen molar-refractivity contribution in [1.29, 1.82) is 0 Å². The molecule has 2 aromatic carbocycles. The Labute approximate surface area is 167 Å². The number of anilines is 2. The number of halogens is 1. The first-order chi connectivity index (χ1) is 13.5. The molecule has 0 saturated carbocycles. The second-order valence-corrected chi connectivity index (χ2v) is 6.57. The van der Waals surface area contributed by atoms with Crippen LogP contribution in [0.2, 0.25) is 5.02 Å². The topological polar surface area (TPSA) is 84.9 Å². The molecule has 0 spiro atoms. The lowest BCUT2D eigenvalue weighted by atomic mass is 10.2. The van der Waals surface area contributed by atoms with E-state index in [4.69, 9.17) is 21.1 Å². The first kappa shape index (κ1) is 19.7. The van der Waals surface area contributed by atoms with E-state index < -0.39 is 18.5 Å². The molecule has 1 saturated heterocycles. The van der Waals surface area contributed by atoms with Crippen molar-refractivity contribution in [3.63, 3.8) is 0 Å². The number of hydrogen-bond donors (Lipinski definition) is 1. The van der Waals surface area contributed by atoms with Gasteiger partial charge in [-0.05, 0) is 36.8 Å². The van der Waals surface area contributed by atoms with Crippen LogP contribution in [-0.4, -0.2) is 38.0 Å². The number of methoxy groups -OCH3 is 1. The van der Waals surface area contributed by atoms with E-state index in [-0.39, 0.29) is 11.5 Å². The molecule has 0 aliphatic carbocycles. The monoisotopic (exact) mass is 402 g/mol. The predicted molar refractivity (Wildman–Crippen MR) is 105 cm³/mol. The van der Waals surface area contributed by atoms with Gasteiger partial charge in [-0.3, -0.25) is 9.59 Å². The summed E-state index contributed by atoms with van der Waals surface area (Å²) in [5, 5.41) is 3.04. The number of rotatable bonds is 6. The first-order valence-electron chi connectivity index (χ1n) is 8.69. The maximum atomic E-state index is 12.3. The number of nitrogens with zero attached hydrogens (tertiary/aromatic N) is 1.